The van der Waals surface area contributed by atoms with Crippen LogP contribution < -0.4 is 53.2 Å². The minimum Gasteiger partial charge on any atom is -0.480 e. The second-order valence-electron chi connectivity index (χ2n) is 32.8. The van der Waals surface area contributed by atoms with Gasteiger partial charge in [0.15, 0.2) is 6.04 Å². The van der Waals surface area contributed by atoms with Gasteiger partial charge < -0.3 is 77.2 Å². The van der Waals surface area contributed by atoms with E-state index in [1.165, 1.54) is 27.7 Å². The van der Waals surface area contributed by atoms with E-state index in [0.29, 0.717) is 16.7 Å². The SMILES string of the molecule is CC[C@H](C)[C@@H]1NC(=O)[C@H](C)NC(=O)[C@@](C)(NC(=O)[C@H](CCC(=O)NC(c2ccccc2)(c2ccccc2)c2ccccc2)NC(=O)[C@H](NC(=O)OC(C)(C)C)[C@@H](C)OC(C)(C)C)CCC/C=C/CCC[C@@](C)(C(=O)N[C@H](C(=O)N[C@H](C(=O)O)[C@@H](C)OC(C)(C)C)C(C)C)NC(=O)[C@H](CC(=O)OC(C)(C)C)NC1=O. The largest absolute Gasteiger partial charge is 0.480 e. The minimum absolute atomic E-state index is 0.112. The van der Waals surface area contributed by atoms with Crippen molar-refractivity contribution in [3.63, 3.8) is 0 Å². The van der Waals surface area contributed by atoms with Gasteiger partial charge in [-0.1, -0.05) is 137 Å². The van der Waals surface area contributed by atoms with Crippen molar-refractivity contribution in [3.05, 3.63) is 120 Å². The van der Waals surface area contributed by atoms with Gasteiger partial charge in [-0.05, 0) is 191 Å². The topological polar surface area (TPSA) is 382 Å². The number of hydrogen-bond donors (Lipinski definition) is 11. The number of aliphatic carboxylic acids is 1. The van der Waals surface area contributed by atoms with Gasteiger partial charge in [-0.15, -0.1) is 0 Å². The van der Waals surface area contributed by atoms with Crippen LogP contribution in [0.1, 0.15) is 226 Å². The normalized spacial score (nSPS) is 21.4. The highest BCUT2D eigenvalue weighted by Gasteiger charge is 2.45. The van der Waals surface area contributed by atoms with Gasteiger partial charge in [0.05, 0.1) is 29.8 Å². The standard InChI is InChI=1S/C81H122N10O17/c1-22-50(4)62-69(98)84-58(48-60(93)107-77(14,15)16)67(96)91-80(21,73(103)87-61(49(2)3)68(97)86-64(71(100)101)53(7)106-76(11,12)13)47-37-26-24-23-25-36-46-79(20,72(102)82-51(5)65(94)85-62)90-66(95)57(83-70(99)63(52(6)105-75(8,9)10)88-74(104)108-78(17,18)19)44-45-59(92)89-81(54-38-30-27-31-39-54,55-40-32-28-33-41-55)56-42-34-29-35-43-56/h23-24,27-35,38-43,49-53,57-58,61-64H,22,25-26,36-37,44-48H2,1-21H3,(H,82,102)(H,83,99)(H,84,98)(H,85,94)(H,86,97)(H,87,103)(H,88,104)(H,89,92)(H,90,95)(H,91,96)(H,100,101)/b24-23+/t50-,51-,52+,53+,57-,58-,61-,62-,63+,64-,79-,80-/m0/s1. The molecule has 4 rings (SSSR count). The van der Waals surface area contributed by atoms with Crippen molar-refractivity contribution >= 4 is 71.2 Å². The lowest BCUT2D eigenvalue weighted by Gasteiger charge is -2.37. The number of nitrogens with one attached hydrogen (secondary N) is 10. The minimum atomic E-state index is -1.93. The average molecular weight is 1510 g/mol. The van der Waals surface area contributed by atoms with Crippen molar-refractivity contribution in [2.75, 3.05) is 0 Å². The smallest absolute Gasteiger partial charge is 0.408 e. The molecule has 1 heterocycles. The van der Waals surface area contributed by atoms with Gasteiger partial charge in [-0.25, -0.2) is 9.59 Å². The molecule has 0 spiro atoms. The van der Waals surface area contributed by atoms with E-state index in [9.17, 15) is 43.5 Å². The van der Waals surface area contributed by atoms with Crippen LogP contribution in [-0.4, -0.2) is 164 Å². The number of rotatable bonds is 26. The van der Waals surface area contributed by atoms with Gasteiger partial charge >= 0.3 is 18.0 Å². The molecule has 0 saturated carbocycles. The third-order valence-corrected chi connectivity index (χ3v) is 18.0. The summed E-state index contributed by atoms with van der Waals surface area (Å²) in [5.74, 6) is -11.5. The maximum absolute atomic E-state index is 15.5. The van der Waals surface area contributed by atoms with E-state index >= 15 is 19.2 Å². The highest BCUT2D eigenvalue weighted by Crippen LogP contribution is 2.37. The predicted molar refractivity (Wildman–Crippen MR) is 410 cm³/mol. The van der Waals surface area contributed by atoms with E-state index in [2.05, 4.69) is 53.2 Å². The van der Waals surface area contributed by atoms with Crippen molar-refractivity contribution in [1.82, 2.24) is 53.2 Å². The number of carboxylic acids is 1. The second-order valence-corrected chi connectivity index (χ2v) is 32.8. The van der Waals surface area contributed by atoms with Gasteiger partial charge in [0.25, 0.3) is 0 Å². The summed E-state index contributed by atoms with van der Waals surface area (Å²) in [6, 6.07) is 17.3. The molecule has 11 N–H and O–H groups in total. The first-order valence-corrected chi connectivity index (χ1v) is 37.4. The maximum Gasteiger partial charge on any atom is 0.408 e. The molecule has 0 bridgehead atoms. The molecular weight excluding hydrogens is 1380 g/mol. The van der Waals surface area contributed by atoms with E-state index in [0.717, 1.165) is 0 Å². The van der Waals surface area contributed by atoms with E-state index in [1.54, 1.807) is 130 Å². The van der Waals surface area contributed by atoms with Gasteiger partial charge in [-0.2, -0.15) is 0 Å². The molecule has 108 heavy (non-hydrogen) atoms. The summed E-state index contributed by atoms with van der Waals surface area (Å²) in [7, 11) is 0. The highest BCUT2D eigenvalue weighted by molar-refractivity contribution is 6.01. The Labute approximate surface area is 638 Å². The Morgan fingerprint density at radius 1 is 0.565 bits per heavy atom. The van der Waals surface area contributed by atoms with Crippen molar-refractivity contribution < 1.29 is 81.6 Å². The summed E-state index contributed by atoms with van der Waals surface area (Å²) in [4.78, 5) is 174. The molecule has 10 amide bonds. The summed E-state index contributed by atoms with van der Waals surface area (Å²) < 4.78 is 23.3. The van der Waals surface area contributed by atoms with Crippen molar-refractivity contribution in [2.45, 2.75) is 303 Å². The summed E-state index contributed by atoms with van der Waals surface area (Å²) in [5, 5.41) is 37.9. The Bertz CT molecular complexity index is 3490. The van der Waals surface area contributed by atoms with Gasteiger partial charge in [0, 0.05) is 6.42 Å². The highest BCUT2D eigenvalue weighted by atomic mass is 16.6. The zero-order valence-electron chi connectivity index (χ0n) is 67.2. The predicted octanol–water partition coefficient (Wildman–Crippen LogP) is 8.28. The molecule has 0 fully saturated rings. The lowest BCUT2D eigenvalue weighted by Crippen LogP contribution is -2.65. The van der Waals surface area contributed by atoms with Crippen LogP contribution in [0, 0.1) is 11.8 Å². The number of carboxylic acid groups (broad SMARTS) is 1. The number of carbonyl (C=O) groups excluding carboxylic acids is 11. The average Bonchev–Trinajstić information content (AvgIpc) is 0.754. The fraction of sp³-hybridized carbons (Fsp3) is 0.605. The Morgan fingerprint density at radius 2 is 1.05 bits per heavy atom. The van der Waals surface area contributed by atoms with Crippen LogP contribution in [-0.2, 0) is 77.2 Å². The number of allylic oxidation sites excluding steroid dienone is 2. The molecule has 3 aromatic carbocycles. The molecule has 12 atom stereocenters. The maximum atomic E-state index is 15.5. The first kappa shape index (κ1) is 91.1. The second kappa shape index (κ2) is 39.7. The number of ether oxygens (including phenoxy) is 4. The number of alkyl carbamates (subject to hydrolysis) is 1. The van der Waals surface area contributed by atoms with Crippen LogP contribution >= 0.6 is 0 Å². The van der Waals surface area contributed by atoms with Crippen LogP contribution in [0.2, 0.25) is 0 Å². The van der Waals surface area contributed by atoms with Crippen LogP contribution in [0.25, 0.3) is 0 Å². The molecule has 0 saturated heterocycles. The zero-order chi connectivity index (χ0) is 81.5. The third-order valence-electron chi connectivity index (χ3n) is 18.0. The van der Waals surface area contributed by atoms with E-state index < -0.39 is 196 Å². The molecule has 1 aliphatic rings. The van der Waals surface area contributed by atoms with Gasteiger partial charge in [0.2, 0.25) is 53.2 Å². The Balaban J connectivity index is 1.87. The number of hydrogen-bond acceptors (Lipinski definition) is 16. The van der Waals surface area contributed by atoms with Crippen LogP contribution in [0.15, 0.2) is 103 Å². The molecule has 3 aromatic rings. The Kier molecular flexibility index (Phi) is 33.5. The fourth-order valence-electron chi connectivity index (χ4n) is 12.4. The van der Waals surface area contributed by atoms with Crippen LogP contribution in [0.3, 0.4) is 0 Å². The van der Waals surface area contributed by atoms with Gasteiger partial charge in [0.1, 0.15) is 64.1 Å². The molecule has 0 unspecified atom stereocenters. The summed E-state index contributed by atoms with van der Waals surface area (Å²) in [5.41, 5.74) is -6.73. The zero-order valence-corrected chi connectivity index (χ0v) is 67.2. The Hall–Kier alpha value is -9.24. The van der Waals surface area contributed by atoms with E-state index in [1.807, 2.05) is 91.0 Å². The summed E-state index contributed by atoms with van der Waals surface area (Å²) in [6.07, 6.45) is -0.0462. The molecule has 27 nitrogen and oxygen atoms in total. The first-order valence-electron chi connectivity index (χ1n) is 37.4. The summed E-state index contributed by atoms with van der Waals surface area (Å²) >= 11 is 0. The van der Waals surface area contributed by atoms with Crippen LogP contribution in [0.4, 0.5) is 4.79 Å². The quantitative estimate of drug-likeness (QED) is 0.0204. The van der Waals surface area contributed by atoms with Crippen molar-refractivity contribution in [2.24, 2.45) is 11.8 Å². The molecular formula is C81H122N10O17. The third kappa shape index (κ3) is 28.7. The summed E-state index contributed by atoms with van der Waals surface area (Å²) in [6.45, 7) is 34.1. The molecule has 0 aromatic heterocycles. The lowest BCUT2D eigenvalue weighted by atomic mass is 9.77. The monoisotopic (exact) mass is 1510 g/mol. The van der Waals surface area contributed by atoms with E-state index in [-0.39, 0.29) is 44.9 Å². The van der Waals surface area contributed by atoms with Crippen LogP contribution in [0.5, 0.6) is 0 Å². The molecule has 0 aliphatic carbocycles. The number of carbonyl (C=O) groups is 12. The van der Waals surface area contributed by atoms with Crippen molar-refractivity contribution in [1.29, 1.82) is 0 Å². The van der Waals surface area contributed by atoms with E-state index in [4.69, 9.17) is 18.9 Å². The molecule has 598 valence electrons. The molecule has 0 radical (unpaired) electrons. The molecule has 27 heteroatoms. The van der Waals surface area contributed by atoms with Crippen molar-refractivity contribution in [3.8, 4) is 0 Å². The first-order chi connectivity index (χ1) is 50.0. The lowest BCUT2D eigenvalue weighted by molar-refractivity contribution is -0.157. The molecule has 1 aliphatic heterocycles. The van der Waals surface area contributed by atoms with Gasteiger partial charge in [-0.3, -0.25) is 47.9 Å². The fourth-order valence-corrected chi connectivity index (χ4v) is 12.4. The number of benzene rings is 3. The Morgan fingerprint density at radius 3 is 1.51 bits per heavy atom. The number of amides is 10. The number of esters is 1.